The molecular formula is C53H40O8S8. The molecule has 4 heterocycles. The Bertz CT molecular complexity index is 3590. The average Bonchev–Trinajstić information content (AvgIpc) is 4.25. The van der Waals surface area contributed by atoms with Crippen molar-refractivity contribution in [2.45, 2.75) is 13.2 Å². The van der Waals surface area contributed by atoms with E-state index in [1.807, 2.05) is 30.3 Å². The van der Waals surface area contributed by atoms with Crippen molar-refractivity contribution in [2.75, 3.05) is 33.5 Å². The summed E-state index contributed by atoms with van der Waals surface area (Å²) in [6.45, 7) is 0.598. The van der Waals surface area contributed by atoms with E-state index < -0.39 is 0 Å². The summed E-state index contributed by atoms with van der Waals surface area (Å²) in [6.07, 6.45) is 0. The summed E-state index contributed by atoms with van der Waals surface area (Å²) in [6, 6.07) is 28.4. The van der Waals surface area contributed by atoms with Crippen molar-refractivity contribution in [2.24, 2.45) is 0 Å². The van der Waals surface area contributed by atoms with E-state index in [1.165, 1.54) is 16.9 Å². The number of phenols is 1. The first-order valence-electron chi connectivity index (χ1n) is 21.6. The molecule has 4 aliphatic heterocycles. The molecule has 7 aromatic rings. The number of aliphatic hydroxyl groups excluding tert-OH is 2. The van der Waals surface area contributed by atoms with Gasteiger partial charge in [-0.2, -0.15) is 0 Å². The third-order valence-corrected chi connectivity index (χ3v) is 20.1. The predicted octanol–water partition coefficient (Wildman–Crippen LogP) is 12.0. The molecule has 0 bridgehead atoms. The summed E-state index contributed by atoms with van der Waals surface area (Å²) in [5, 5.41) is 60.6. The Morgan fingerprint density at radius 2 is 0.696 bits per heavy atom. The van der Waals surface area contributed by atoms with Gasteiger partial charge in [-0.05, 0) is 171 Å². The number of phenolic OH excluding ortho intramolecular Hbond substituents is 1. The van der Waals surface area contributed by atoms with Crippen molar-refractivity contribution < 1.29 is 39.0 Å². The van der Waals surface area contributed by atoms with Crippen LogP contribution in [0.3, 0.4) is 0 Å². The first kappa shape index (κ1) is 46.9. The fraction of sp³-hybridized carbons (Fsp3) is 0.132. The van der Waals surface area contributed by atoms with Crippen LogP contribution in [0.15, 0.2) is 128 Å². The van der Waals surface area contributed by atoms with Crippen LogP contribution in [0.4, 0.5) is 0 Å². The Hall–Kier alpha value is -4.46. The number of hydrogen-bond acceptors (Lipinski definition) is 16. The molecule has 0 saturated carbocycles. The third kappa shape index (κ3) is 9.45. The molecule has 348 valence electrons. The second-order valence-electron chi connectivity index (χ2n) is 15.5. The maximum Gasteiger partial charge on any atom is 0.126 e. The minimum Gasteiger partial charge on any atom is -0.508 e. The number of hydrogen-bond donors (Lipinski definition) is 3. The summed E-state index contributed by atoms with van der Waals surface area (Å²) in [4.78, 5) is 0. The average molecular weight is 1060 g/mol. The largest absolute Gasteiger partial charge is 0.508 e. The summed E-state index contributed by atoms with van der Waals surface area (Å²) in [5.41, 5.74) is 1.28. The second kappa shape index (κ2) is 21.1. The summed E-state index contributed by atoms with van der Waals surface area (Å²) >= 11 is 13.7. The quantitative estimate of drug-likeness (QED) is 0.0953. The first-order chi connectivity index (χ1) is 34.0. The number of fused-ring (bicyclic) bond motifs is 4. The van der Waals surface area contributed by atoms with Crippen LogP contribution in [0.2, 0.25) is 0 Å². The zero-order chi connectivity index (χ0) is 46.8. The van der Waals surface area contributed by atoms with E-state index in [4.69, 9.17) is 23.7 Å². The van der Waals surface area contributed by atoms with Gasteiger partial charge in [0.2, 0.25) is 0 Å². The third-order valence-electron chi connectivity index (χ3n) is 11.5. The highest BCUT2D eigenvalue weighted by Gasteiger charge is 2.20. The molecule has 7 aromatic carbocycles. The van der Waals surface area contributed by atoms with Gasteiger partial charge >= 0.3 is 0 Å². The Morgan fingerprint density at radius 1 is 0.377 bits per heavy atom. The zero-order valence-corrected chi connectivity index (χ0v) is 43.1. The SMILES string of the molecule is COc1cc(COc2ccc3c(=C4SC=CS4)c4cc(OCCO)ccc4c(=C4SC=CS4)c3c2)c(O)cc1COc1ccc2c(=C3SC=CS3)c3cc(OCCO)ccc3c(=C3SC=CS3)c2c1. The van der Waals surface area contributed by atoms with Crippen LogP contribution in [-0.2, 0) is 13.2 Å². The summed E-state index contributed by atoms with van der Waals surface area (Å²) in [7, 11) is 1.62. The molecule has 4 aliphatic rings. The van der Waals surface area contributed by atoms with E-state index in [-0.39, 0.29) is 45.4 Å². The molecule has 0 aliphatic carbocycles. The monoisotopic (exact) mass is 1060 g/mol. The van der Waals surface area contributed by atoms with Crippen molar-refractivity contribution in [3.63, 3.8) is 0 Å². The number of aliphatic hydroxyl groups is 2. The highest BCUT2D eigenvalue weighted by molar-refractivity contribution is 8.36. The van der Waals surface area contributed by atoms with Crippen LogP contribution in [0.25, 0.3) is 60.0 Å². The van der Waals surface area contributed by atoms with Crippen molar-refractivity contribution in [1.82, 2.24) is 0 Å². The Labute approximate surface area is 431 Å². The van der Waals surface area contributed by atoms with Gasteiger partial charge in [0, 0.05) is 32.0 Å². The number of thioether (sulfide) groups is 8. The molecule has 0 amide bonds. The van der Waals surface area contributed by atoms with Crippen LogP contribution >= 0.6 is 94.1 Å². The van der Waals surface area contributed by atoms with Gasteiger partial charge in [-0.1, -0.05) is 94.1 Å². The van der Waals surface area contributed by atoms with Gasteiger partial charge in [-0.3, -0.25) is 0 Å². The van der Waals surface area contributed by atoms with Crippen LogP contribution in [0.5, 0.6) is 34.5 Å². The highest BCUT2D eigenvalue weighted by Crippen LogP contribution is 2.44. The molecule has 0 fully saturated rings. The van der Waals surface area contributed by atoms with E-state index in [1.54, 1.807) is 107 Å². The van der Waals surface area contributed by atoms with Crippen LogP contribution in [0, 0.1) is 0 Å². The normalized spacial score (nSPS) is 15.3. The summed E-state index contributed by atoms with van der Waals surface area (Å²) < 4.78 is 35.5. The molecule has 8 nitrogen and oxygen atoms in total. The molecule has 0 radical (unpaired) electrons. The lowest BCUT2D eigenvalue weighted by atomic mass is 9.98. The topological polar surface area (TPSA) is 107 Å². The number of rotatable bonds is 13. The van der Waals surface area contributed by atoms with Crippen molar-refractivity contribution in [3.8, 4) is 34.5 Å². The Balaban J connectivity index is 0.913. The van der Waals surface area contributed by atoms with Gasteiger partial charge < -0.3 is 39.0 Å². The van der Waals surface area contributed by atoms with Gasteiger partial charge in [0.1, 0.15) is 60.9 Å². The van der Waals surface area contributed by atoms with E-state index in [0.29, 0.717) is 39.9 Å². The van der Waals surface area contributed by atoms with Crippen LogP contribution in [0.1, 0.15) is 11.1 Å². The first-order valence-corrected chi connectivity index (χ1v) is 28.6. The van der Waals surface area contributed by atoms with E-state index in [2.05, 4.69) is 91.8 Å². The molecule has 3 N–H and O–H groups in total. The fourth-order valence-corrected chi connectivity index (χ4v) is 16.3. The van der Waals surface area contributed by atoms with Gasteiger partial charge in [-0.25, -0.2) is 0 Å². The number of aromatic hydroxyl groups is 1. The van der Waals surface area contributed by atoms with Crippen LogP contribution in [-0.4, -0.2) is 48.9 Å². The zero-order valence-electron chi connectivity index (χ0n) is 36.6. The lowest BCUT2D eigenvalue weighted by Crippen LogP contribution is -2.17. The lowest BCUT2D eigenvalue weighted by Gasteiger charge is -2.16. The minimum absolute atomic E-state index is 0.0579. The standard InChI is InChI=1S/C53H40O8S8/c1-57-45-23-30(28-60-34-4-8-38-42(26-34)48(52-66-18-19-67-52)36-6-2-32(58-12-10-54)24-40(36)46(38)50-62-14-15-63-50)44(56)22-31(45)29-61-35-5-9-39-43(27-35)49(53-68-20-21-69-53)37-7-3-33(59-13-11-55)25-41(37)47(39)51-64-16-17-65-51/h2-9,14-27,54-56H,10-13,28-29H2,1H3. The highest BCUT2D eigenvalue weighted by atomic mass is 32.2. The van der Waals surface area contributed by atoms with Crippen molar-refractivity contribution in [1.29, 1.82) is 0 Å². The molecule has 0 unspecified atom stereocenters. The fourth-order valence-electron chi connectivity index (χ4n) is 8.63. The van der Waals surface area contributed by atoms with Gasteiger partial charge in [0.15, 0.2) is 0 Å². The molecule has 69 heavy (non-hydrogen) atoms. The number of benzene rings is 7. The minimum atomic E-state index is -0.0588. The molecule has 0 spiro atoms. The molecule has 0 aromatic heterocycles. The van der Waals surface area contributed by atoms with Crippen molar-refractivity contribution in [3.05, 3.63) is 160 Å². The molecular weight excluding hydrogens is 1020 g/mol. The van der Waals surface area contributed by atoms with E-state index in [9.17, 15) is 15.3 Å². The molecule has 0 atom stereocenters. The van der Waals surface area contributed by atoms with Gasteiger partial charge in [0.05, 0.1) is 37.3 Å². The van der Waals surface area contributed by atoms with Gasteiger partial charge in [-0.15, -0.1) is 0 Å². The summed E-state index contributed by atoms with van der Waals surface area (Å²) in [5.74, 6) is 3.45. The van der Waals surface area contributed by atoms with Gasteiger partial charge in [0.25, 0.3) is 0 Å². The van der Waals surface area contributed by atoms with Crippen molar-refractivity contribution >= 4 is 154 Å². The maximum absolute atomic E-state index is 11.5. The molecule has 0 saturated heterocycles. The lowest BCUT2D eigenvalue weighted by molar-refractivity contribution is 0.201. The predicted molar refractivity (Wildman–Crippen MR) is 301 cm³/mol. The Kier molecular flexibility index (Phi) is 14.3. The maximum atomic E-state index is 11.5. The molecule has 16 heteroatoms. The van der Waals surface area contributed by atoms with E-state index in [0.717, 1.165) is 64.0 Å². The Morgan fingerprint density at radius 3 is 1.01 bits per heavy atom. The second-order valence-corrected chi connectivity index (χ2v) is 23.9. The number of ether oxygens (including phenoxy) is 5. The molecule has 11 rings (SSSR count). The van der Waals surface area contributed by atoms with Crippen LogP contribution < -0.4 is 44.6 Å². The smallest absolute Gasteiger partial charge is 0.126 e. The number of methoxy groups -OCH3 is 1. The van der Waals surface area contributed by atoms with E-state index >= 15 is 0 Å².